The van der Waals surface area contributed by atoms with Crippen molar-refractivity contribution in [2.24, 2.45) is 7.05 Å². The predicted octanol–water partition coefficient (Wildman–Crippen LogP) is 6.92. The highest BCUT2D eigenvalue weighted by molar-refractivity contribution is 6.26. The highest BCUT2D eigenvalue weighted by atomic mass is 16.5. The van der Waals surface area contributed by atoms with E-state index >= 15 is 0 Å². The van der Waals surface area contributed by atoms with Crippen LogP contribution in [0, 0.1) is 6.92 Å². The fraction of sp³-hybridized carbons (Fsp3) is 0.0690. The van der Waals surface area contributed by atoms with E-state index < -0.39 is 0 Å². The molecule has 4 aromatic carbocycles. The second-order valence-electron chi connectivity index (χ2n) is 8.57. The molecule has 3 heteroatoms. The Kier molecular flexibility index (Phi) is 3.41. The number of benzene rings is 4. The number of hydrogen-bond acceptors (Lipinski definition) is 1. The lowest BCUT2D eigenvalue weighted by molar-refractivity contribution is -0.643. The summed E-state index contributed by atoms with van der Waals surface area (Å²) in [5, 5.41) is 6.23. The van der Waals surface area contributed by atoms with Gasteiger partial charge in [0, 0.05) is 11.5 Å². The Labute approximate surface area is 185 Å². The van der Waals surface area contributed by atoms with Gasteiger partial charge in [-0.25, -0.2) is 4.57 Å². The maximum Gasteiger partial charge on any atom is 0.224 e. The van der Waals surface area contributed by atoms with Gasteiger partial charge in [0.1, 0.15) is 18.5 Å². The first-order valence-electron chi connectivity index (χ1n) is 10.9. The van der Waals surface area contributed by atoms with Gasteiger partial charge >= 0.3 is 0 Å². The maximum absolute atomic E-state index is 6.40. The van der Waals surface area contributed by atoms with Gasteiger partial charge in [0.2, 0.25) is 5.52 Å². The minimum Gasteiger partial charge on any atom is -0.457 e. The van der Waals surface area contributed by atoms with Crippen LogP contribution in [0.1, 0.15) is 5.56 Å². The van der Waals surface area contributed by atoms with E-state index in [4.69, 9.17) is 4.74 Å². The van der Waals surface area contributed by atoms with E-state index in [9.17, 15) is 0 Å². The molecule has 3 aromatic heterocycles. The van der Waals surface area contributed by atoms with Crippen molar-refractivity contribution < 1.29 is 9.30 Å². The van der Waals surface area contributed by atoms with Gasteiger partial charge in [-0.1, -0.05) is 48.5 Å². The van der Waals surface area contributed by atoms with E-state index in [1.807, 2.05) is 30.3 Å². The van der Waals surface area contributed by atoms with E-state index in [1.165, 1.54) is 49.2 Å². The normalized spacial score (nSPS) is 12.1. The van der Waals surface area contributed by atoms with E-state index in [2.05, 4.69) is 83.7 Å². The predicted molar refractivity (Wildman–Crippen MR) is 131 cm³/mol. The molecule has 0 aliphatic rings. The first-order valence-corrected chi connectivity index (χ1v) is 10.9. The molecule has 0 radical (unpaired) electrons. The number of para-hydroxylation sites is 1. The van der Waals surface area contributed by atoms with Gasteiger partial charge in [0.25, 0.3) is 0 Å². The zero-order valence-corrected chi connectivity index (χ0v) is 18.0. The second kappa shape index (κ2) is 6.21. The van der Waals surface area contributed by atoms with Gasteiger partial charge in [-0.3, -0.25) is 0 Å². The van der Waals surface area contributed by atoms with Crippen molar-refractivity contribution in [3.05, 3.63) is 96.7 Å². The van der Waals surface area contributed by atoms with Crippen molar-refractivity contribution in [1.29, 1.82) is 0 Å². The maximum atomic E-state index is 6.40. The summed E-state index contributed by atoms with van der Waals surface area (Å²) in [7, 11) is 2.14. The number of ether oxygens (including phenoxy) is 1. The van der Waals surface area contributed by atoms with Crippen molar-refractivity contribution in [3.63, 3.8) is 0 Å². The lowest BCUT2D eigenvalue weighted by atomic mass is 10.00. The van der Waals surface area contributed by atoms with Crippen LogP contribution in [0.25, 0.3) is 49.0 Å². The van der Waals surface area contributed by atoms with Crippen LogP contribution >= 0.6 is 0 Å². The minimum absolute atomic E-state index is 0.847. The molecule has 0 atom stereocenters. The Morgan fingerprint density at radius 3 is 2.34 bits per heavy atom. The quantitative estimate of drug-likeness (QED) is 0.171. The molecule has 3 heterocycles. The van der Waals surface area contributed by atoms with Gasteiger partial charge in [-0.05, 0) is 48.2 Å². The number of hydrogen-bond donors (Lipinski definition) is 0. The van der Waals surface area contributed by atoms with Crippen molar-refractivity contribution in [2.75, 3.05) is 0 Å². The van der Waals surface area contributed by atoms with Crippen LogP contribution in [0.2, 0.25) is 0 Å². The molecule has 0 fully saturated rings. The standard InChI is InChI=1S/C29H21N2O/c1-18-14-15-21-27-23(12-7-13-24(27)32-20-9-4-3-5-10-20)31-22-11-6-8-19-16-17-30(2)29(26(19)22)25(18)28(21)31/h3-17H,1-2H3/q+1. The largest absolute Gasteiger partial charge is 0.457 e. The third kappa shape index (κ3) is 2.17. The molecule has 152 valence electrons. The SMILES string of the molecule is Cc1ccc2c3c(Oc4ccccc4)cccc3n3c4cccc5cc[n+](C)c(c1c23)c54. The summed E-state index contributed by atoms with van der Waals surface area (Å²) in [5.41, 5.74) is 6.21. The second-order valence-corrected chi connectivity index (χ2v) is 8.57. The molecule has 0 unspecified atom stereocenters. The van der Waals surface area contributed by atoms with Crippen LogP contribution in [0.3, 0.4) is 0 Å². The Hall–Kier alpha value is -4.11. The molecule has 3 nitrogen and oxygen atoms in total. The smallest absolute Gasteiger partial charge is 0.224 e. The average Bonchev–Trinajstić information content (AvgIpc) is 3.16. The third-order valence-corrected chi connectivity index (χ3v) is 6.71. The molecule has 0 aliphatic heterocycles. The van der Waals surface area contributed by atoms with Crippen LogP contribution in [0.4, 0.5) is 0 Å². The molecule has 0 aliphatic carbocycles. The van der Waals surface area contributed by atoms with Crippen molar-refractivity contribution in [1.82, 2.24) is 4.40 Å². The van der Waals surface area contributed by atoms with E-state index in [-0.39, 0.29) is 0 Å². The number of nitrogens with zero attached hydrogens (tertiary/aromatic N) is 2. The summed E-state index contributed by atoms with van der Waals surface area (Å²) in [4.78, 5) is 0. The summed E-state index contributed by atoms with van der Waals surface area (Å²) < 4.78 is 11.1. The van der Waals surface area contributed by atoms with Crippen molar-refractivity contribution >= 4 is 49.0 Å². The van der Waals surface area contributed by atoms with E-state index in [0.717, 1.165) is 16.9 Å². The Morgan fingerprint density at radius 2 is 1.50 bits per heavy atom. The summed E-state index contributed by atoms with van der Waals surface area (Å²) in [6.45, 7) is 2.21. The van der Waals surface area contributed by atoms with E-state index in [0.29, 0.717) is 0 Å². The molecule has 0 bridgehead atoms. The van der Waals surface area contributed by atoms with Gasteiger partial charge in [-0.2, -0.15) is 0 Å². The zero-order valence-electron chi connectivity index (χ0n) is 18.0. The van der Waals surface area contributed by atoms with Crippen LogP contribution in [0.15, 0.2) is 91.1 Å². The lowest BCUT2D eigenvalue weighted by Crippen LogP contribution is -2.28. The highest BCUT2D eigenvalue weighted by Gasteiger charge is 2.24. The van der Waals surface area contributed by atoms with Gasteiger partial charge in [-0.15, -0.1) is 0 Å². The summed E-state index contributed by atoms with van der Waals surface area (Å²) in [5.74, 6) is 1.73. The van der Waals surface area contributed by atoms with Crippen molar-refractivity contribution in [2.45, 2.75) is 6.92 Å². The van der Waals surface area contributed by atoms with Crippen LogP contribution in [0.5, 0.6) is 11.5 Å². The molecule has 0 saturated heterocycles. The first kappa shape index (κ1) is 17.6. The monoisotopic (exact) mass is 413 g/mol. The average molecular weight is 414 g/mol. The van der Waals surface area contributed by atoms with E-state index in [1.54, 1.807) is 0 Å². The highest BCUT2D eigenvalue weighted by Crippen LogP contribution is 2.43. The van der Waals surface area contributed by atoms with Gasteiger partial charge in [0.05, 0.1) is 32.7 Å². The molecule has 7 rings (SSSR count). The number of aromatic nitrogens is 2. The lowest BCUT2D eigenvalue weighted by Gasteiger charge is -2.12. The zero-order chi connectivity index (χ0) is 21.4. The number of aryl methyl sites for hydroxylation is 2. The number of pyridine rings is 2. The van der Waals surface area contributed by atoms with Gasteiger partial charge in [0.15, 0.2) is 6.20 Å². The molecule has 32 heavy (non-hydrogen) atoms. The van der Waals surface area contributed by atoms with Crippen LogP contribution in [-0.2, 0) is 7.05 Å². The van der Waals surface area contributed by atoms with Gasteiger partial charge < -0.3 is 9.14 Å². The Bertz CT molecular complexity index is 1810. The molecular formula is C29H21N2O+. The summed E-state index contributed by atoms with van der Waals surface area (Å²) in [6, 6.07) is 29.7. The first-order chi connectivity index (χ1) is 15.7. The number of rotatable bonds is 2. The fourth-order valence-corrected chi connectivity index (χ4v) is 5.36. The third-order valence-electron chi connectivity index (χ3n) is 6.71. The molecule has 0 amide bonds. The minimum atomic E-state index is 0.847. The molecule has 0 saturated carbocycles. The fourth-order valence-electron chi connectivity index (χ4n) is 5.36. The summed E-state index contributed by atoms with van der Waals surface area (Å²) >= 11 is 0. The number of fused-ring (bicyclic) bond motifs is 5. The molecule has 7 aromatic rings. The van der Waals surface area contributed by atoms with Crippen molar-refractivity contribution in [3.8, 4) is 11.5 Å². The molecule has 0 spiro atoms. The molecular weight excluding hydrogens is 392 g/mol. The van der Waals surface area contributed by atoms with Crippen LogP contribution in [-0.4, -0.2) is 4.40 Å². The topological polar surface area (TPSA) is 17.5 Å². The Morgan fingerprint density at radius 1 is 0.719 bits per heavy atom. The molecule has 0 N–H and O–H groups in total. The van der Waals surface area contributed by atoms with Crippen LogP contribution < -0.4 is 9.30 Å². The Balaban J connectivity index is 1.76. The summed E-state index contributed by atoms with van der Waals surface area (Å²) in [6.07, 6.45) is 2.17.